The van der Waals surface area contributed by atoms with Crippen molar-refractivity contribution in [3.63, 3.8) is 0 Å². The van der Waals surface area contributed by atoms with Crippen LogP contribution in [0.3, 0.4) is 0 Å². The van der Waals surface area contributed by atoms with Gasteiger partial charge in [-0.1, -0.05) is 13.8 Å². The molecule has 1 aromatic rings. The van der Waals surface area contributed by atoms with Gasteiger partial charge in [0, 0.05) is 5.69 Å². The highest BCUT2D eigenvalue weighted by atomic mass is 16.5. The molecule has 0 aliphatic heterocycles. The highest BCUT2D eigenvalue weighted by molar-refractivity contribution is 5.71. The van der Waals surface area contributed by atoms with Gasteiger partial charge in [0.2, 0.25) is 0 Å². The molecule has 4 heteroatoms. The van der Waals surface area contributed by atoms with Crippen molar-refractivity contribution in [3.05, 3.63) is 17.5 Å². The molecule has 0 saturated heterocycles. The van der Waals surface area contributed by atoms with E-state index in [-0.39, 0.29) is 11.9 Å². The van der Waals surface area contributed by atoms with Crippen LogP contribution in [-0.2, 0) is 16.1 Å². The first kappa shape index (κ1) is 12.7. The Morgan fingerprint density at radius 1 is 1.56 bits per heavy atom. The van der Waals surface area contributed by atoms with Crippen LogP contribution in [0.1, 0.15) is 31.7 Å². The Morgan fingerprint density at radius 3 is 2.75 bits per heavy atom. The number of hydrogen-bond acceptors (Lipinski definition) is 3. The highest BCUT2D eigenvalue weighted by Crippen LogP contribution is 2.04. The molecule has 0 aliphatic carbocycles. The molecule has 1 rings (SSSR count). The SMILES string of the molecule is CCC(C)C(=O)OCCn1nc(C)cc1C. The van der Waals surface area contributed by atoms with Crippen LogP contribution in [0, 0.1) is 19.8 Å². The lowest BCUT2D eigenvalue weighted by atomic mass is 10.1. The standard InChI is InChI=1S/C12H20N2O2/c1-5-9(2)12(15)16-7-6-14-11(4)8-10(3)13-14/h8-9H,5-7H2,1-4H3. The summed E-state index contributed by atoms with van der Waals surface area (Å²) in [4.78, 5) is 11.4. The third-order valence-electron chi connectivity index (χ3n) is 2.67. The number of hydrogen-bond donors (Lipinski definition) is 0. The predicted molar refractivity (Wildman–Crippen MR) is 62.1 cm³/mol. The molecule has 1 heterocycles. The summed E-state index contributed by atoms with van der Waals surface area (Å²) in [6, 6.07) is 2.01. The number of aryl methyl sites for hydroxylation is 2. The van der Waals surface area contributed by atoms with Crippen molar-refractivity contribution in [3.8, 4) is 0 Å². The molecule has 0 spiro atoms. The topological polar surface area (TPSA) is 44.1 Å². The van der Waals surface area contributed by atoms with E-state index in [9.17, 15) is 4.79 Å². The van der Waals surface area contributed by atoms with Crippen molar-refractivity contribution >= 4 is 5.97 Å². The van der Waals surface area contributed by atoms with Crippen LogP contribution >= 0.6 is 0 Å². The Hall–Kier alpha value is -1.32. The van der Waals surface area contributed by atoms with Crippen LogP contribution in [0.4, 0.5) is 0 Å². The quantitative estimate of drug-likeness (QED) is 0.719. The monoisotopic (exact) mass is 224 g/mol. The van der Waals surface area contributed by atoms with E-state index in [0.29, 0.717) is 13.2 Å². The molecule has 0 radical (unpaired) electrons. The summed E-state index contributed by atoms with van der Waals surface area (Å²) in [5, 5.41) is 4.30. The van der Waals surface area contributed by atoms with Gasteiger partial charge in [-0.25, -0.2) is 0 Å². The first-order valence-electron chi connectivity index (χ1n) is 5.72. The zero-order valence-electron chi connectivity index (χ0n) is 10.5. The van der Waals surface area contributed by atoms with Crippen molar-refractivity contribution in [2.24, 2.45) is 5.92 Å². The summed E-state index contributed by atoms with van der Waals surface area (Å²) in [5.74, 6) is -0.135. The summed E-state index contributed by atoms with van der Waals surface area (Å²) in [7, 11) is 0. The first-order chi connectivity index (χ1) is 7.54. The van der Waals surface area contributed by atoms with Crippen LogP contribution in [0.2, 0.25) is 0 Å². The number of ether oxygens (including phenoxy) is 1. The van der Waals surface area contributed by atoms with Gasteiger partial charge in [-0.3, -0.25) is 9.48 Å². The van der Waals surface area contributed by atoms with E-state index in [0.717, 1.165) is 17.8 Å². The number of carbonyl (C=O) groups excluding carboxylic acids is 1. The second kappa shape index (κ2) is 5.68. The normalized spacial score (nSPS) is 12.5. The van der Waals surface area contributed by atoms with Gasteiger partial charge in [-0.2, -0.15) is 5.10 Å². The Bertz CT molecular complexity index is 358. The molecule has 0 fully saturated rings. The van der Waals surface area contributed by atoms with Gasteiger partial charge in [-0.15, -0.1) is 0 Å². The zero-order valence-corrected chi connectivity index (χ0v) is 10.5. The molecule has 0 amide bonds. The van der Waals surface area contributed by atoms with E-state index in [2.05, 4.69) is 5.10 Å². The lowest BCUT2D eigenvalue weighted by Gasteiger charge is -2.09. The van der Waals surface area contributed by atoms with E-state index < -0.39 is 0 Å². The molecule has 1 unspecified atom stereocenters. The lowest BCUT2D eigenvalue weighted by Crippen LogP contribution is -2.18. The van der Waals surface area contributed by atoms with Gasteiger partial charge in [0.1, 0.15) is 6.61 Å². The third kappa shape index (κ3) is 3.36. The van der Waals surface area contributed by atoms with Crippen molar-refractivity contribution in [2.75, 3.05) is 6.61 Å². The Labute approximate surface area is 96.6 Å². The number of nitrogens with zero attached hydrogens (tertiary/aromatic N) is 2. The fourth-order valence-electron chi connectivity index (χ4n) is 1.44. The van der Waals surface area contributed by atoms with Gasteiger partial charge in [0.05, 0.1) is 18.2 Å². The molecule has 4 nitrogen and oxygen atoms in total. The van der Waals surface area contributed by atoms with Crippen LogP contribution in [-0.4, -0.2) is 22.4 Å². The molecule has 0 saturated carbocycles. The lowest BCUT2D eigenvalue weighted by molar-refractivity contribution is -0.148. The van der Waals surface area contributed by atoms with E-state index in [1.165, 1.54) is 0 Å². The third-order valence-corrected chi connectivity index (χ3v) is 2.67. The van der Waals surface area contributed by atoms with Crippen molar-refractivity contribution < 1.29 is 9.53 Å². The van der Waals surface area contributed by atoms with E-state index >= 15 is 0 Å². The van der Waals surface area contributed by atoms with Gasteiger partial charge < -0.3 is 4.74 Å². The molecular formula is C12H20N2O2. The molecule has 16 heavy (non-hydrogen) atoms. The molecule has 90 valence electrons. The largest absolute Gasteiger partial charge is 0.464 e. The molecular weight excluding hydrogens is 204 g/mol. The zero-order chi connectivity index (χ0) is 12.1. The van der Waals surface area contributed by atoms with E-state index in [1.54, 1.807) is 0 Å². The van der Waals surface area contributed by atoms with Crippen LogP contribution in [0.25, 0.3) is 0 Å². The maximum atomic E-state index is 11.4. The van der Waals surface area contributed by atoms with Crippen LogP contribution < -0.4 is 0 Å². The Balaban J connectivity index is 2.36. The second-order valence-corrected chi connectivity index (χ2v) is 4.13. The number of aromatic nitrogens is 2. The maximum absolute atomic E-state index is 11.4. The summed E-state index contributed by atoms with van der Waals surface area (Å²) >= 11 is 0. The van der Waals surface area contributed by atoms with Gasteiger partial charge in [-0.05, 0) is 26.3 Å². The minimum Gasteiger partial charge on any atom is -0.464 e. The number of esters is 1. The van der Waals surface area contributed by atoms with E-state index in [4.69, 9.17) is 4.74 Å². The first-order valence-corrected chi connectivity index (χ1v) is 5.72. The summed E-state index contributed by atoms with van der Waals surface area (Å²) in [6.45, 7) is 8.83. The molecule has 1 atom stereocenters. The molecule has 1 aromatic heterocycles. The predicted octanol–water partition coefficient (Wildman–Crippen LogP) is 2.09. The van der Waals surface area contributed by atoms with Gasteiger partial charge in [0.15, 0.2) is 0 Å². The molecule has 0 bridgehead atoms. The smallest absolute Gasteiger partial charge is 0.308 e. The van der Waals surface area contributed by atoms with E-state index in [1.807, 2.05) is 38.4 Å². The summed E-state index contributed by atoms with van der Waals surface area (Å²) in [6.07, 6.45) is 0.818. The maximum Gasteiger partial charge on any atom is 0.308 e. The Morgan fingerprint density at radius 2 is 2.25 bits per heavy atom. The van der Waals surface area contributed by atoms with Crippen molar-refractivity contribution in [2.45, 2.75) is 40.7 Å². The number of carbonyl (C=O) groups is 1. The van der Waals surface area contributed by atoms with Gasteiger partial charge >= 0.3 is 5.97 Å². The summed E-state index contributed by atoms with van der Waals surface area (Å²) in [5.41, 5.74) is 2.09. The minimum absolute atomic E-state index is 0.0135. The highest BCUT2D eigenvalue weighted by Gasteiger charge is 2.11. The fraction of sp³-hybridized carbons (Fsp3) is 0.667. The average Bonchev–Trinajstić information content (AvgIpc) is 2.56. The molecule has 0 N–H and O–H groups in total. The van der Waals surface area contributed by atoms with Crippen LogP contribution in [0.5, 0.6) is 0 Å². The molecule has 0 aliphatic rings. The Kier molecular flexibility index (Phi) is 4.52. The number of rotatable bonds is 5. The summed E-state index contributed by atoms with van der Waals surface area (Å²) < 4.78 is 7.02. The van der Waals surface area contributed by atoms with Crippen molar-refractivity contribution in [1.29, 1.82) is 0 Å². The van der Waals surface area contributed by atoms with Crippen LogP contribution in [0.15, 0.2) is 6.07 Å². The fourth-order valence-corrected chi connectivity index (χ4v) is 1.44. The van der Waals surface area contributed by atoms with Crippen molar-refractivity contribution in [1.82, 2.24) is 9.78 Å². The molecule has 0 aromatic carbocycles. The minimum atomic E-state index is -0.121. The second-order valence-electron chi connectivity index (χ2n) is 4.13. The average molecular weight is 224 g/mol. The van der Waals surface area contributed by atoms with Gasteiger partial charge in [0.25, 0.3) is 0 Å².